The molecule has 0 aliphatic carbocycles. The van der Waals surface area contributed by atoms with E-state index in [1.807, 2.05) is 54.8 Å². The number of pyridine rings is 1. The first-order valence-corrected chi connectivity index (χ1v) is 13.2. The minimum absolute atomic E-state index is 0.183. The van der Waals surface area contributed by atoms with E-state index in [1.54, 1.807) is 13.8 Å². The van der Waals surface area contributed by atoms with Crippen molar-refractivity contribution >= 4 is 29.5 Å². The fraction of sp³-hybridized carbons (Fsp3) is 0.346. The van der Waals surface area contributed by atoms with Gasteiger partial charge in [0, 0.05) is 18.3 Å². The standard InChI is InChI=1S/C26H29F2N2O3P/c1-5-32-34(31,33-6-2)16-19-9-7-18(8-10-19)15-30-23-12-11-22(17(3)4)29-26(23)25-21(28)13-20(27)14-24(25)30/h7-14,17H,5-6,15-16H2,1-4H3. The first-order chi connectivity index (χ1) is 16.2. The summed E-state index contributed by atoms with van der Waals surface area (Å²) < 4.78 is 54.5. The lowest BCUT2D eigenvalue weighted by Gasteiger charge is -2.17. The molecule has 4 rings (SSSR count). The van der Waals surface area contributed by atoms with Crippen LogP contribution in [-0.2, 0) is 26.3 Å². The smallest absolute Gasteiger partial charge is 0.334 e. The second kappa shape index (κ2) is 9.95. The van der Waals surface area contributed by atoms with Gasteiger partial charge in [0.15, 0.2) is 0 Å². The summed E-state index contributed by atoms with van der Waals surface area (Å²) in [7, 11) is -3.20. The van der Waals surface area contributed by atoms with E-state index in [4.69, 9.17) is 14.0 Å². The second-order valence-corrected chi connectivity index (χ2v) is 10.6. The Morgan fingerprint density at radius 2 is 1.59 bits per heavy atom. The van der Waals surface area contributed by atoms with Crippen molar-refractivity contribution < 1.29 is 22.4 Å². The second-order valence-electron chi connectivity index (χ2n) is 8.55. The first-order valence-electron chi connectivity index (χ1n) is 11.5. The van der Waals surface area contributed by atoms with Gasteiger partial charge in [0.25, 0.3) is 0 Å². The number of nitrogens with zero attached hydrogens (tertiary/aromatic N) is 2. The van der Waals surface area contributed by atoms with Gasteiger partial charge >= 0.3 is 7.60 Å². The molecule has 2 aromatic heterocycles. The molecule has 2 heterocycles. The Bertz CT molecular complexity index is 1360. The van der Waals surface area contributed by atoms with E-state index in [9.17, 15) is 13.3 Å². The molecule has 0 saturated heterocycles. The predicted molar refractivity (Wildman–Crippen MR) is 131 cm³/mol. The minimum atomic E-state index is -3.20. The van der Waals surface area contributed by atoms with Crippen LogP contribution in [0, 0.1) is 11.6 Å². The van der Waals surface area contributed by atoms with Gasteiger partial charge < -0.3 is 13.6 Å². The lowest BCUT2D eigenvalue weighted by atomic mass is 10.1. The third-order valence-electron chi connectivity index (χ3n) is 5.73. The van der Waals surface area contributed by atoms with Crippen LogP contribution in [0.25, 0.3) is 21.9 Å². The molecule has 180 valence electrons. The number of rotatable bonds is 9. The monoisotopic (exact) mass is 486 g/mol. The Hall–Kier alpha value is -2.60. The zero-order valence-corrected chi connectivity index (χ0v) is 20.7. The Morgan fingerprint density at radius 1 is 0.941 bits per heavy atom. The van der Waals surface area contributed by atoms with Crippen LogP contribution in [0.1, 0.15) is 50.4 Å². The van der Waals surface area contributed by atoms with Gasteiger partial charge in [0.1, 0.15) is 11.6 Å². The van der Waals surface area contributed by atoms with Crippen LogP contribution in [0.15, 0.2) is 48.5 Å². The fourth-order valence-electron chi connectivity index (χ4n) is 4.18. The fourth-order valence-corrected chi connectivity index (χ4v) is 5.88. The van der Waals surface area contributed by atoms with Gasteiger partial charge in [-0.3, -0.25) is 9.55 Å². The van der Waals surface area contributed by atoms with Crippen LogP contribution in [0.5, 0.6) is 0 Å². The SMILES string of the molecule is CCOP(=O)(Cc1ccc(Cn2c3ccc(C(C)C)nc3c3c(F)cc(F)cc32)cc1)OCC. The number of hydrogen-bond donors (Lipinski definition) is 0. The molecule has 5 nitrogen and oxygen atoms in total. The van der Waals surface area contributed by atoms with Gasteiger partial charge in [0.2, 0.25) is 0 Å². The van der Waals surface area contributed by atoms with E-state index in [-0.39, 0.29) is 12.1 Å². The maximum Gasteiger partial charge on any atom is 0.335 e. The van der Waals surface area contributed by atoms with Crippen molar-refractivity contribution in [3.05, 3.63) is 77.0 Å². The van der Waals surface area contributed by atoms with E-state index in [2.05, 4.69) is 0 Å². The lowest BCUT2D eigenvalue weighted by Crippen LogP contribution is -2.02. The molecule has 0 aliphatic rings. The molecular weight excluding hydrogens is 457 g/mol. The molecule has 0 radical (unpaired) electrons. The molecule has 8 heteroatoms. The van der Waals surface area contributed by atoms with Crippen LogP contribution < -0.4 is 0 Å². The molecule has 0 amide bonds. The summed E-state index contributed by atoms with van der Waals surface area (Å²) in [6, 6.07) is 13.7. The van der Waals surface area contributed by atoms with Crippen molar-refractivity contribution in [2.24, 2.45) is 0 Å². The maximum absolute atomic E-state index is 14.9. The van der Waals surface area contributed by atoms with Crippen LogP contribution in [0.4, 0.5) is 8.78 Å². The summed E-state index contributed by atoms with van der Waals surface area (Å²) >= 11 is 0. The molecular formula is C26H29F2N2O3P. The molecule has 0 bridgehead atoms. The summed E-state index contributed by atoms with van der Waals surface area (Å²) in [5.74, 6) is -1.07. The number of benzene rings is 2. The van der Waals surface area contributed by atoms with Crippen LogP contribution in [0.3, 0.4) is 0 Å². The van der Waals surface area contributed by atoms with Gasteiger partial charge in [-0.25, -0.2) is 8.78 Å². The molecule has 4 aromatic rings. The number of aromatic nitrogens is 2. The average molecular weight is 486 g/mol. The van der Waals surface area contributed by atoms with Crippen molar-refractivity contribution in [1.29, 1.82) is 0 Å². The highest BCUT2D eigenvalue weighted by Crippen LogP contribution is 2.51. The Labute approximate surface area is 198 Å². The Morgan fingerprint density at radius 3 is 2.21 bits per heavy atom. The highest BCUT2D eigenvalue weighted by atomic mass is 31.2. The van der Waals surface area contributed by atoms with Gasteiger partial charge in [-0.15, -0.1) is 0 Å². The molecule has 0 spiro atoms. The van der Waals surface area contributed by atoms with Crippen molar-refractivity contribution in [3.63, 3.8) is 0 Å². The van der Waals surface area contributed by atoms with Crippen LogP contribution in [0.2, 0.25) is 0 Å². The van der Waals surface area contributed by atoms with Crippen LogP contribution >= 0.6 is 7.60 Å². The average Bonchev–Trinajstić information content (AvgIpc) is 3.08. The van der Waals surface area contributed by atoms with Crippen molar-refractivity contribution in [2.45, 2.75) is 46.3 Å². The summed E-state index contributed by atoms with van der Waals surface area (Å²) in [6.45, 7) is 8.64. The van der Waals surface area contributed by atoms with E-state index in [0.717, 1.165) is 28.4 Å². The molecule has 34 heavy (non-hydrogen) atoms. The molecule has 2 aromatic carbocycles. The third kappa shape index (κ3) is 4.92. The molecule has 0 saturated carbocycles. The van der Waals surface area contributed by atoms with Crippen molar-refractivity contribution in [2.75, 3.05) is 13.2 Å². The van der Waals surface area contributed by atoms with E-state index in [0.29, 0.717) is 36.2 Å². The van der Waals surface area contributed by atoms with Gasteiger partial charge in [-0.05, 0) is 49.1 Å². The first kappa shape index (κ1) is 24.5. The Kier molecular flexibility index (Phi) is 7.17. The lowest BCUT2D eigenvalue weighted by molar-refractivity contribution is 0.219. The Balaban J connectivity index is 1.72. The minimum Gasteiger partial charge on any atom is -0.334 e. The predicted octanol–water partition coefficient (Wildman–Crippen LogP) is 7.41. The van der Waals surface area contributed by atoms with Crippen molar-refractivity contribution in [3.8, 4) is 0 Å². The number of halogens is 2. The topological polar surface area (TPSA) is 53.4 Å². The normalized spacial score (nSPS) is 12.3. The quantitative estimate of drug-likeness (QED) is 0.231. The van der Waals surface area contributed by atoms with Crippen molar-refractivity contribution in [1.82, 2.24) is 9.55 Å². The van der Waals surface area contributed by atoms with Crippen LogP contribution in [-0.4, -0.2) is 22.8 Å². The molecule has 0 unspecified atom stereocenters. The highest BCUT2D eigenvalue weighted by molar-refractivity contribution is 7.53. The summed E-state index contributed by atoms with van der Waals surface area (Å²) in [5.41, 5.74) is 4.35. The van der Waals surface area contributed by atoms with Gasteiger partial charge in [-0.2, -0.15) is 0 Å². The summed E-state index contributed by atoms with van der Waals surface area (Å²) in [4.78, 5) is 4.70. The van der Waals surface area contributed by atoms with E-state index in [1.165, 1.54) is 6.07 Å². The largest absolute Gasteiger partial charge is 0.335 e. The number of fused-ring (bicyclic) bond motifs is 3. The molecule has 0 fully saturated rings. The van der Waals surface area contributed by atoms with E-state index < -0.39 is 19.2 Å². The zero-order valence-electron chi connectivity index (χ0n) is 19.8. The molecule has 0 atom stereocenters. The molecule has 0 N–H and O–H groups in total. The van der Waals surface area contributed by atoms with Gasteiger partial charge in [0.05, 0.1) is 41.3 Å². The summed E-state index contributed by atoms with van der Waals surface area (Å²) in [5, 5.41) is 0.324. The highest BCUT2D eigenvalue weighted by Gasteiger charge is 2.24. The third-order valence-corrected chi connectivity index (χ3v) is 7.79. The van der Waals surface area contributed by atoms with E-state index >= 15 is 0 Å². The maximum atomic E-state index is 14.9. The zero-order chi connectivity index (χ0) is 24.5. The van der Waals surface area contributed by atoms with Gasteiger partial charge in [-0.1, -0.05) is 38.1 Å². The molecule has 0 aliphatic heterocycles. The summed E-state index contributed by atoms with van der Waals surface area (Å²) in [6.07, 6.45) is 0.183. The number of hydrogen-bond acceptors (Lipinski definition) is 4.